The molecule has 57 heavy (non-hydrogen) atoms. The van der Waals surface area contributed by atoms with Gasteiger partial charge in [0, 0.05) is 55.3 Å². The molecule has 1 N–H and O–H groups in total. The fourth-order valence-electron chi connectivity index (χ4n) is 10.6. The highest BCUT2D eigenvalue weighted by Crippen LogP contribution is 2.60. The lowest BCUT2D eigenvalue weighted by Gasteiger charge is -2.37. The monoisotopic (exact) mass is 792 g/mol. The van der Waals surface area contributed by atoms with Gasteiger partial charge in [-0.05, 0) is 92.1 Å². The average Bonchev–Trinajstić information content (AvgIpc) is 3.89. The molecule has 8 rings (SSSR count). The first-order chi connectivity index (χ1) is 27.5. The second-order valence-electron chi connectivity index (χ2n) is 17.2. The fraction of sp³-hybridized carbons (Fsp3) is 0.511. The minimum Gasteiger partial charge on any atom is -0.497 e. The first-order valence-electron chi connectivity index (χ1n) is 20.9. The first-order valence-corrected chi connectivity index (χ1v) is 23.9. The zero-order valence-corrected chi connectivity index (χ0v) is 34.7. The van der Waals surface area contributed by atoms with Crippen LogP contribution in [0.25, 0.3) is 0 Å². The van der Waals surface area contributed by atoms with E-state index in [1.165, 1.54) is 5.19 Å². The van der Waals surface area contributed by atoms with Crippen LogP contribution in [0.5, 0.6) is 5.75 Å². The second-order valence-corrected chi connectivity index (χ2v) is 21.9. The molecule has 3 aromatic rings. The normalized spacial score (nSPS) is 26.5. The van der Waals surface area contributed by atoms with Gasteiger partial charge < -0.3 is 34.2 Å². The molecule has 0 saturated carbocycles. The molecule has 0 unspecified atom stereocenters. The van der Waals surface area contributed by atoms with Gasteiger partial charge in [-0.25, -0.2) is 0 Å². The van der Waals surface area contributed by atoms with Gasteiger partial charge in [-0.3, -0.25) is 19.2 Å². The maximum atomic E-state index is 15.5. The summed E-state index contributed by atoms with van der Waals surface area (Å²) in [6.45, 7) is 8.85. The van der Waals surface area contributed by atoms with Crippen molar-refractivity contribution in [1.29, 1.82) is 0 Å². The Bertz CT molecular complexity index is 2020. The van der Waals surface area contributed by atoms with Gasteiger partial charge in [0.15, 0.2) is 5.60 Å². The summed E-state index contributed by atoms with van der Waals surface area (Å²) in [6.07, 6.45) is 5.82. The Morgan fingerprint density at radius 2 is 1.51 bits per heavy atom. The fourth-order valence-corrected chi connectivity index (χ4v) is 14.6. The predicted octanol–water partition coefficient (Wildman–Crippen LogP) is 5.87. The Labute approximate surface area is 336 Å². The Kier molecular flexibility index (Phi) is 10.8. The molecule has 0 aromatic heterocycles. The zero-order chi connectivity index (χ0) is 40.1. The highest BCUT2D eigenvalue weighted by atomic mass is 28.3. The van der Waals surface area contributed by atoms with Crippen molar-refractivity contribution >= 4 is 54.0 Å². The number of rotatable bonds is 10. The van der Waals surface area contributed by atoms with Gasteiger partial charge in [-0.2, -0.15) is 0 Å². The van der Waals surface area contributed by atoms with Crippen LogP contribution in [-0.2, 0) is 36.1 Å². The molecule has 5 heterocycles. The number of hydrogen-bond acceptors (Lipinski definition) is 7. The molecule has 12 heteroatoms. The second kappa shape index (κ2) is 15.7. The standard InChI is InChI=1S/C45H56N4O7Si/c1-30-43(57(3,4)36-20-18-35(55-2)19-21-36)39(27-42(53)48-25-9-10-34(48)29-50)56-45(30)37-26-33(47-24-8-6-12-41(47)52)17-22-38(37)49(44(45)54)28-31-13-15-32(16-14-31)46-23-7-5-11-40(46)51/h13-22,26,30,34,39,43,50H,5-12,23-25,27-29H2,1-4H3/t30-,34+,39+,43-,45+/m1/s1. The van der Waals surface area contributed by atoms with Crippen molar-refractivity contribution in [3.05, 3.63) is 77.9 Å². The quantitative estimate of drug-likeness (QED) is 0.256. The summed E-state index contributed by atoms with van der Waals surface area (Å²) in [5.74, 6) is 0.404. The zero-order valence-electron chi connectivity index (χ0n) is 33.7. The number of likely N-dealkylation sites (tertiary alicyclic amines) is 1. The number of ether oxygens (including phenoxy) is 2. The molecule has 5 aliphatic heterocycles. The van der Waals surface area contributed by atoms with Crippen molar-refractivity contribution < 1.29 is 33.8 Å². The Morgan fingerprint density at radius 1 is 0.860 bits per heavy atom. The lowest BCUT2D eigenvalue weighted by Crippen LogP contribution is -2.52. The molecular weight excluding hydrogens is 737 g/mol. The minimum absolute atomic E-state index is 0.0622. The van der Waals surface area contributed by atoms with E-state index >= 15 is 4.79 Å². The molecule has 4 amide bonds. The maximum Gasteiger partial charge on any atom is 0.264 e. The smallest absolute Gasteiger partial charge is 0.264 e. The molecule has 11 nitrogen and oxygen atoms in total. The summed E-state index contributed by atoms with van der Waals surface area (Å²) < 4.78 is 12.8. The maximum absolute atomic E-state index is 15.5. The number of hydrogen-bond donors (Lipinski definition) is 1. The van der Waals surface area contributed by atoms with Crippen molar-refractivity contribution in [3.8, 4) is 5.75 Å². The van der Waals surface area contributed by atoms with Crippen LogP contribution in [0.1, 0.15) is 75.8 Å². The summed E-state index contributed by atoms with van der Waals surface area (Å²) in [5.41, 5.74) is 2.45. The molecule has 1 spiro atoms. The molecule has 0 bridgehead atoms. The number of nitrogens with zero attached hydrogens (tertiary/aromatic N) is 4. The first kappa shape index (κ1) is 39.3. The molecule has 302 valence electrons. The van der Waals surface area contributed by atoms with Gasteiger partial charge >= 0.3 is 0 Å². The van der Waals surface area contributed by atoms with Crippen LogP contribution in [0.15, 0.2) is 66.7 Å². The predicted molar refractivity (Wildman–Crippen MR) is 222 cm³/mol. The highest BCUT2D eigenvalue weighted by molar-refractivity contribution is 6.91. The number of anilines is 3. The van der Waals surface area contributed by atoms with Crippen molar-refractivity contribution in [2.45, 2.75) is 108 Å². The van der Waals surface area contributed by atoms with E-state index in [-0.39, 0.29) is 54.2 Å². The van der Waals surface area contributed by atoms with Gasteiger partial charge in [0.2, 0.25) is 17.7 Å². The van der Waals surface area contributed by atoms with E-state index in [9.17, 15) is 19.5 Å². The number of fused-ring (bicyclic) bond motifs is 2. The van der Waals surface area contributed by atoms with E-state index in [4.69, 9.17) is 9.47 Å². The van der Waals surface area contributed by atoms with Crippen molar-refractivity contribution in [2.75, 3.05) is 48.1 Å². The molecule has 0 aliphatic carbocycles. The number of benzene rings is 3. The lowest BCUT2D eigenvalue weighted by molar-refractivity contribution is -0.150. The van der Waals surface area contributed by atoms with Crippen molar-refractivity contribution in [1.82, 2.24) is 4.90 Å². The molecule has 5 atom stereocenters. The van der Waals surface area contributed by atoms with Crippen LogP contribution in [0.4, 0.5) is 17.1 Å². The molecule has 4 saturated heterocycles. The lowest BCUT2D eigenvalue weighted by atomic mass is 9.82. The number of carbonyl (C=O) groups excluding carboxylic acids is 4. The third-order valence-electron chi connectivity index (χ3n) is 13.7. The van der Waals surface area contributed by atoms with Gasteiger partial charge in [0.1, 0.15) is 5.75 Å². The van der Waals surface area contributed by atoms with Crippen LogP contribution < -0.4 is 24.6 Å². The van der Waals surface area contributed by atoms with Gasteiger partial charge in [-0.15, -0.1) is 0 Å². The molecular formula is C45H56N4O7Si. The van der Waals surface area contributed by atoms with E-state index in [1.54, 1.807) is 12.0 Å². The number of carbonyl (C=O) groups is 4. The minimum atomic E-state index is -2.53. The van der Waals surface area contributed by atoms with E-state index in [0.717, 1.165) is 72.5 Å². The summed E-state index contributed by atoms with van der Waals surface area (Å²) in [5, 5.41) is 11.3. The highest BCUT2D eigenvalue weighted by Gasteiger charge is 2.66. The topological polar surface area (TPSA) is 120 Å². The number of methoxy groups -OCH3 is 1. The summed E-state index contributed by atoms with van der Waals surface area (Å²) in [7, 11) is -0.883. The molecule has 4 fully saturated rings. The van der Waals surface area contributed by atoms with Gasteiger partial charge in [0.05, 0.1) is 52.6 Å². The number of aliphatic hydroxyl groups excluding tert-OH is 1. The van der Waals surface area contributed by atoms with Crippen LogP contribution >= 0.6 is 0 Å². The number of piperidine rings is 2. The number of amides is 4. The Balaban J connectivity index is 1.21. The van der Waals surface area contributed by atoms with Crippen LogP contribution in [-0.4, -0.2) is 87.2 Å². The third kappa shape index (κ3) is 6.87. The summed E-state index contributed by atoms with van der Waals surface area (Å²) >= 11 is 0. The van der Waals surface area contributed by atoms with E-state index in [2.05, 4.69) is 32.2 Å². The van der Waals surface area contributed by atoms with E-state index < -0.39 is 19.8 Å². The third-order valence-corrected chi connectivity index (χ3v) is 18.0. The van der Waals surface area contributed by atoms with Crippen LogP contribution in [0.2, 0.25) is 18.6 Å². The van der Waals surface area contributed by atoms with E-state index in [1.807, 2.05) is 69.3 Å². The summed E-state index contributed by atoms with van der Waals surface area (Å²) in [6, 6.07) is 21.8. The van der Waals surface area contributed by atoms with Gasteiger partial charge in [-0.1, -0.05) is 49.5 Å². The molecule has 5 aliphatic rings. The Morgan fingerprint density at radius 3 is 2.14 bits per heavy atom. The van der Waals surface area contributed by atoms with Gasteiger partial charge in [0.25, 0.3) is 5.91 Å². The molecule has 3 aromatic carbocycles. The average molecular weight is 793 g/mol. The molecule has 0 radical (unpaired) electrons. The Hall–Kier alpha value is -4.52. The van der Waals surface area contributed by atoms with Crippen LogP contribution in [0, 0.1) is 5.92 Å². The number of aliphatic hydroxyl groups is 1. The van der Waals surface area contributed by atoms with Crippen LogP contribution in [0.3, 0.4) is 0 Å². The van der Waals surface area contributed by atoms with Crippen molar-refractivity contribution in [2.24, 2.45) is 5.92 Å². The summed E-state index contributed by atoms with van der Waals surface area (Å²) in [4.78, 5) is 63.0. The van der Waals surface area contributed by atoms with Crippen molar-refractivity contribution in [3.63, 3.8) is 0 Å². The SMILES string of the molecule is COc1ccc([Si](C)(C)[C@H]2[C@H](CC(=O)N3CCC[C@H]3CO)O[C@@]3(C(=O)N(Cc4ccc(N5CCCCC5=O)cc4)c4ccc(N5CCCCC5=O)cc43)[C@@H]2C)cc1. The van der Waals surface area contributed by atoms with E-state index in [0.29, 0.717) is 39.0 Å². The largest absolute Gasteiger partial charge is 0.497 e.